The number of Topliss-reactive ketones (excluding diaryl/α,β-unsaturated/α-hetero) is 1. The summed E-state index contributed by atoms with van der Waals surface area (Å²) >= 11 is 0. The van der Waals surface area contributed by atoms with Gasteiger partial charge in [-0.15, -0.1) is 0 Å². The van der Waals surface area contributed by atoms with Crippen LogP contribution < -0.4 is 9.64 Å². The first-order valence-electron chi connectivity index (χ1n) is 10.0. The molecule has 0 spiro atoms. The molecular formula is C24H22N2O5. The van der Waals surface area contributed by atoms with Gasteiger partial charge in [-0.2, -0.15) is 0 Å². The minimum Gasteiger partial charge on any atom is -0.507 e. The van der Waals surface area contributed by atoms with Crippen molar-refractivity contribution in [3.05, 3.63) is 83.1 Å². The standard InChI is InChI=1S/C24H22N2O5/c1-3-13-30-18-11-9-17(10-12-18)22(27)20-21(16-7-5-4-6-8-16)26(24(29)23(20)28)19-14-15(2)31-25-19/h4-12,14,21,27H,3,13H2,1-2H3/b22-20+/t21-/m0/s1. The topological polar surface area (TPSA) is 92.9 Å². The fourth-order valence-corrected chi connectivity index (χ4v) is 3.57. The number of carbonyl (C=O) groups is 2. The van der Waals surface area contributed by atoms with E-state index < -0.39 is 17.7 Å². The fraction of sp³-hybridized carbons (Fsp3) is 0.208. The number of aryl methyl sites for hydroxylation is 1. The average molecular weight is 418 g/mol. The largest absolute Gasteiger partial charge is 0.507 e. The molecular weight excluding hydrogens is 396 g/mol. The number of benzene rings is 2. The molecule has 1 aliphatic heterocycles. The predicted molar refractivity (Wildman–Crippen MR) is 115 cm³/mol. The summed E-state index contributed by atoms with van der Waals surface area (Å²) < 4.78 is 10.7. The van der Waals surface area contributed by atoms with Gasteiger partial charge in [-0.1, -0.05) is 42.4 Å². The lowest BCUT2D eigenvalue weighted by Gasteiger charge is -2.22. The highest BCUT2D eigenvalue weighted by atomic mass is 16.5. The molecule has 2 aromatic carbocycles. The molecule has 1 atom stereocenters. The number of anilines is 1. The Morgan fingerprint density at radius 2 is 1.84 bits per heavy atom. The lowest BCUT2D eigenvalue weighted by atomic mass is 9.95. The van der Waals surface area contributed by atoms with Crippen molar-refractivity contribution in [2.24, 2.45) is 0 Å². The molecule has 2 heterocycles. The third kappa shape index (κ3) is 3.82. The van der Waals surface area contributed by atoms with Crippen molar-refractivity contribution in [1.82, 2.24) is 5.16 Å². The molecule has 7 nitrogen and oxygen atoms in total. The molecule has 1 N–H and O–H groups in total. The Hall–Kier alpha value is -3.87. The number of rotatable bonds is 6. The van der Waals surface area contributed by atoms with Crippen LogP contribution in [0.2, 0.25) is 0 Å². The maximum Gasteiger partial charge on any atom is 0.301 e. The molecule has 4 rings (SSSR count). The third-order valence-electron chi connectivity index (χ3n) is 5.02. The average Bonchev–Trinajstić information content (AvgIpc) is 3.33. The Morgan fingerprint density at radius 1 is 1.13 bits per heavy atom. The second-order valence-electron chi connectivity index (χ2n) is 7.25. The monoisotopic (exact) mass is 418 g/mol. The van der Waals surface area contributed by atoms with Gasteiger partial charge in [-0.25, -0.2) is 0 Å². The highest BCUT2D eigenvalue weighted by molar-refractivity contribution is 6.51. The molecule has 1 saturated heterocycles. The number of amides is 1. The number of ether oxygens (including phenoxy) is 1. The number of nitrogens with zero attached hydrogens (tertiary/aromatic N) is 2. The van der Waals surface area contributed by atoms with Gasteiger partial charge in [-0.3, -0.25) is 14.5 Å². The van der Waals surface area contributed by atoms with Crippen LogP contribution in [-0.4, -0.2) is 28.6 Å². The van der Waals surface area contributed by atoms with Crippen LogP contribution in [0.3, 0.4) is 0 Å². The van der Waals surface area contributed by atoms with Crippen molar-refractivity contribution in [1.29, 1.82) is 0 Å². The Morgan fingerprint density at radius 3 is 2.45 bits per heavy atom. The summed E-state index contributed by atoms with van der Waals surface area (Å²) in [4.78, 5) is 27.2. The van der Waals surface area contributed by atoms with Gasteiger partial charge < -0.3 is 14.4 Å². The second-order valence-corrected chi connectivity index (χ2v) is 7.25. The first kappa shape index (κ1) is 20.4. The van der Waals surface area contributed by atoms with Gasteiger partial charge in [0.1, 0.15) is 17.3 Å². The summed E-state index contributed by atoms with van der Waals surface area (Å²) in [5.41, 5.74) is 1.09. The normalized spacial score (nSPS) is 17.9. The summed E-state index contributed by atoms with van der Waals surface area (Å²) in [5, 5.41) is 15.0. The first-order valence-corrected chi connectivity index (χ1v) is 10.0. The smallest absolute Gasteiger partial charge is 0.301 e. The Labute approximate surface area is 179 Å². The van der Waals surface area contributed by atoms with E-state index in [0.717, 1.165) is 6.42 Å². The van der Waals surface area contributed by atoms with Crippen LogP contribution >= 0.6 is 0 Å². The summed E-state index contributed by atoms with van der Waals surface area (Å²) in [5.74, 6) is -0.416. The van der Waals surface area contributed by atoms with Crippen molar-refractivity contribution in [3.63, 3.8) is 0 Å². The number of carbonyl (C=O) groups excluding carboxylic acids is 2. The molecule has 0 saturated carbocycles. The van der Waals surface area contributed by atoms with Gasteiger partial charge in [0.25, 0.3) is 5.78 Å². The molecule has 158 valence electrons. The fourth-order valence-electron chi connectivity index (χ4n) is 3.57. The van der Waals surface area contributed by atoms with Gasteiger partial charge in [0.05, 0.1) is 18.2 Å². The van der Waals surface area contributed by atoms with Crippen LogP contribution in [0.1, 0.15) is 36.3 Å². The molecule has 0 aliphatic carbocycles. The molecule has 3 aromatic rings. The van der Waals surface area contributed by atoms with Gasteiger partial charge in [0, 0.05) is 11.6 Å². The maximum atomic E-state index is 13.0. The lowest BCUT2D eigenvalue weighted by molar-refractivity contribution is -0.132. The Balaban J connectivity index is 1.82. The molecule has 0 unspecified atom stereocenters. The minimum atomic E-state index is -0.832. The van der Waals surface area contributed by atoms with E-state index in [1.54, 1.807) is 49.4 Å². The van der Waals surface area contributed by atoms with Gasteiger partial charge in [-0.05, 0) is 43.2 Å². The zero-order valence-electron chi connectivity index (χ0n) is 17.2. The molecule has 31 heavy (non-hydrogen) atoms. The van der Waals surface area contributed by atoms with Crippen LogP contribution in [0, 0.1) is 6.92 Å². The molecule has 7 heteroatoms. The number of aliphatic hydroxyl groups excluding tert-OH is 1. The molecule has 1 amide bonds. The van der Waals surface area contributed by atoms with Crippen LogP contribution in [-0.2, 0) is 9.59 Å². The number of hydrogen-bond acceptors (Lipinski definition) is 6. The van der Waals surface area contributed by atoms with Crippen molar-refractivity contribution in [3.8, 4) is 5.75 Å². The predicted octanol–water partition coefficient (Wildman–Crippen LogP) is 4.40. The molecule has 1 aromatic heterocycles. The van der Waals surface area contributed by atoms with Crippen LogP contribution in [0.15, 0.2) is 70.8 Å². The molecule has 0 radical (unpaired) electrons. The van der Waals surface area contributed by atoms with Gasteiger partial charge in [0.2, 0.25) is 0 Å². The first-order chi connectivity index (χ1) is 15.0. The van der Waals surface area contributed by atoms with Crippen molar-refractivity contribution < 1.29 is 24.0 Å². The van der Waals surface area contributed by atoms with E-state index in [1.807, 2.05) is 25.1 Å². The maximum absolute atomic E-state index is 13.0. The summed E-state index contributed by atoms with van der Waals surface area (Å²) in [7, 11) is 0. The quantitative estimate of drug-likeness (QED) is 0.362. The van der Waals surface area contributed by atoms with E-state index in [0.29, 0.717) is 29.2 Å². The number of hydrogen-bond donors (Lipinski definition) is 1. The summed E-state index contributed by atoms with van der Waals surface area (Å²) in [6, 6.07) is 16.6. The van der Waals surface area contributed by atoms with E-state index in [-0.39, 0.29) is 17.2 Å². The zero-order chi connectivity index (χ0) is 22.0. The van der Waals surface area contributed by atoms with E-state index >= 15 is 0 Å². The van der Waals surface area contributed by atoms with Crippen LogP contribution in [0.4, 0.5) is 5.82 Å². The van der Waals surface area contributed by atoms with Crippen molar-refractivity contribution >= 4 is 23.3 Å². The minimum absolute atomic E-state index is 0.000852. The van der Waals surface area contributed by atoms with Crippen LogP contribution in [0.5, 0.6) is 5.75 Å². The Bertz CT molecular complexity index is 1130. The SMILES string of the molecule is CCCOc1ccc(/C(O)=C2\C(=O)C(=O)N(c3cc(C)on3)[C@H]2c2ccccc2)cc1. The number of aromatic nitrogens is 1. The van der Waals surface area contributed by atoms with Crippen molar-refractivity contribution in [2.75, 3.05) is 11.5 Å². The molecule has 0 bridgehead atoms. The summed E-state index contributed by atoms with van der Waals surface area (Å²) in [6.45, 7) is 4.30. The molecule has 1 fully saturated rings. The highest BCUT2D eigenvalue weighted by Crippen LogP contribution is 2.41. The lowest BCUT2D eigenvalue weighted by Crippen LogP contribution is -2.29. The zero-order valence-corrected chi connectivity index (χ0v) is 17.2. The number of ketones is 1. The molecule has 1 aliphatic rings. The van der Waals surface area contributed by atoms with E-state index in [2.05, 4.69) is 5.16 Å². The second kappa shape index (κ2) is 8.47. The number of aliphatic hydroxyl groups is 1. The van der Waals surface area contributed by atoms with Crippen molar-refractivity contribution in [2.45, 2.75) is 26.3 Å². The Kier molecular flexibility index (Phi) is 5.58. The van der Waals surface area contributed by atoms with E-state index in [9.17, 15) is 14.7 Å². The van der Waals surface area contributed by atoms with Gasteiger partial charge >= 0.3 is 5.91 Å². The highest BCUT2D eigenvalue weighted by Gasteiger charge is 2.48. The van der Waals surface area contributed by atoms with Crippen LogP contribution in [0.25, 0.3) is 5.76 Å². The third-order valence-corrected chi connectivity index (χ3v) is 5.02. The van der Waals surface area contributed by atoms with E-state index in [4.69, 9.17) is 9.26 Å². The van der Waals surface area contributed by atoms with E-state index in [1.165, 1.54) is 4.90 Å². The summed E-state index contributed by atoms with van der Waals surface area (Å²) in [6.07, 6.45) is 0.879. The van der Waals surface area contributed by atoms with Gasteiger partial charge in [0.15, 0.2) is 5.82 Å².